The molecule has 1 aliphatic heterocycles. The summed E-state index contributed by atoms with van der Waals surface area (Å²) in [5.74, 6) is 0.477. The van der Waals surface area contributed by atoms with E-state index in [4.69, 9.17) is 11.6 Å². The predicted octanol–water partition coefficient (Wildman–Crippen LogP) is 3.89. The number of rotatable bonds is 3. The van der Waals surface area contributed by atoms with Gasteiger partial charge in [-0.15, -0.1) is 11.6 Å². The molecule has 2 nitrogen and oxygen atoms in total. The van der Waals surface area contributed by atoms with E-state index in [1.54, 1.807) is 4.90 Å². The quantitative estimate of drug-likeness (QED) is 0.623. The fraction of sp³-hybridized carbons (Fsp3) is 0.417. The highest BCUT2D eigenvalue weighted by Gasteiger charge is 2.31. The molecule has 1 aliphatic rings. The van der Waals surface area contributed by atoms with E-state index < -0.39 is 5.51 Å². The Kier molecular flexibility index (Phi) is 4.30. The number of anilines is 1. The smallest absolute Gasteiger partial charge is 0.312 e. The van der Waals surface area contributed by atoms with Crippen molar-refractivity contribution in [1.29, 1.82) is 0 Å². The van der Waals surface area contributed by atoms with Gasteiger partial charge >= 0.3 is 5.51 Å². The third kappa shape index (κ3) is 3.79. The molecule has 0 saturated carbocycles. The Morgan fingerprint density at radius 1 is 1.32 bits per heavy atom. The molecule has 1 atom stereocenters. The summed E-state index contributed by atoms with van der Waals surface area (Å²) in [7, 11) is 0. The maximum Gasteiger partial charge on any atom is 0.446 e. The van der Waals surface area contributed by atoms with Crippen molar-refractivity contribution in [2.24, 2.45) is 5.92 Å². The minimum atomic E-state index is -4.30. The van der Waals surface area contributed by atoms with Crippen LogP contribution in [0.25, 0.3) is 0 Å². The number of carbonyl (C=O) groups excluding carboxylic acids is 1. The number of hydrogen-bond donors (Lipinski definition) is 0. The van der Waals surface area contributed by atoms with E-state index in [2.05, 4.69) is 0 Å². The van der Waals surface area contributed by atoms with Gasteiger partial charge in [0.15, 0.2) is 0 Å². The fourth-order valence-electron chi connectivity index (χ4n) is 1.96. The number of halogens is 4. The molecule has 1 amide bonds. The van der Waals surface area contributed by atoms with E-state index >= 15 is 0 Å². The van der Waals surface area contributed by atoms with Crippen molar-refractivity contribution < 1.29 is 18.0 Å². The second-order valence-electron chi connectivity index (χ2n) is 4.27. The average molecular weight is 310 g/mol. The zero-order chi connectivity index (χ0) is 14.0. The van der Waals surface area contributed by atoms with Gasteiger partial charge in [-0.1, -0.05) is 0 Å². The zero-order valence-electron chi connectivity index (χ0n) is 9.78. The fourth-order valence-corrected chi connectivity index (χ4v) is 2.71. The minimum absolute atomic E-state index is 0.0399. The Balaban J connectivity index is 2.08. The summed E-state index contributed by atoms with van der Waals surface area (Å²) in [6.07, 6.45) is 0.391. The lowest BCUT2D eigenvalue weighted by Crippen LogP contribution is -2.24. The number of thioether (sulfide) groups is 1. The molecule has 0 aromatic heterocycles. The van der Waals surface area contributed by atoms with Crippen molar-refractivity contribution in [2.75, 3.05) is 17.3 Å². The SMILES string of the molecule is O=C1CC(CCl)CN1c1ccc(SC(F)(F)F)cc1. The number of amides is 1. The third-order valence-electron chi connectivity index (χ3n) is 2.81. The van der Waals surface area contributed by atoms with E-state index in [1.165, 1.54) is 24.3 Å². The molecule has 1 fully saturated rings. The van der Waals surface area contributed by atoms with Crippen LogP contribution in [0, 0.1) is 5.92 Å². The standard InChI is InChI=1S/C12H11ClF3NOS/c13-6-8-5-11(18)17(7-8)9-1-3-10(4-2-9)19-12(14,15)16/h1-4,8H,5-7H2. The lowest BCUT2D eigenvalue weighted by atomic mass is 10.1. The zero-order valence-corrected chi connectivity index (χ0v) is 11.4. The summed E-state index contributed by atoms with van der Waals surface area (Å²) in [5, 5.41) is 0. The van der Waals surface area contributed by atoms with Gasteiger partial charge in [0.1, 0.15) is 0 Å². The van der Waals surface area contributed by atoms with Crippen LogP contribution in [0.2, 0.25) is 0 Å². The molecule has 19 heavy (non-hydrogen) atoms. The lowest BCUT2D eigenvalue weighted by molar-refractivity contribution is -0.117. The van der Waals surface area contributed by atoms with Crippen molar-refractivity contribution in [3.05, 3.63) is 24.3 Å². The minimum Gasteiger partial charge on any atom is -0.312 e. The van der Waals surface area contributed by atoms with Crippen LogP contribution < -0.4 is 4.90 Å². The molecule has 0 radical (unpaired) electrons. The summed E-state index contributed by atoms with van der Waals surface area (Å²) in [6, 6.07) is 5.80. The topological polar surface area (TPSA) is 20.3 Å². The van der Waals surface area contributed by atoms with Crippen LogP contribution >= 0.6 is 23.4 Å². The first-order valence-corrected chi connectivity index (χ1v) is 6.96. The number of nitrogens with zero attached hydrogens (tertiary/aromatic N) is 1. The van der Waals surface area contributed by atoms with E-state index in [-0.39, 0.29) is 28.5 Å². The van der Waals surface area contributed by atoms with Gasteiger partial charge in [-0.25, -0.2) is 0 Å². The Labute approximate surface area is 117 Å². The van der Waals surface area contributed by atoms with Gasteiger partial charge in [0.2, 0.25) is 5.91 Å². The highest BCUT2D eigenvalue weighted by atomic mass is 35.5. The predicted molar refractivity (Wildman–Crippen MR) is 69.5 cm³/mol. The summed E-state index contributed by atoms with van der Waals surface area (Å²) in [5.41, 5.74) is -3.68. The van der Waals surface area contributed by atoms with Crippen molar-refractivity contribution in [3.63, 3.8) is 0 Å². The van der Waals surface area contributed by atoms with Gasteiger partial charge in [0.05, 0.1) is 0 Å². The molecule has 104 valence electrons. The number of benzene rings is 1. The van der Waals surface area contributed by atoms with E-state index in [1.807, 2.05) is 0 Å². The van der Waals surface area contributed by atoms with Crippen molar-refractivity contribution >= 4 is 35.0 Å². The Morgan fingerprint density at radius 3 is 2.42 bits per heavy atom. The van der Waals surface area contributed by atoms with Gasteiger partial charge in [-0.3, -0.25) is 4.79 Å². The molecular weight excluding hydrogens is 299 g/mol. The van der Waals surface area contributed by atoms with Crippen LogP contribution in [0.15, 0.2) is 29.2 Å². The van der Waals surface area contributed by atoms with Gasteiger partial charge < -0.3 is 4.90 Å². The van der Waals surface area contributed by atoms with E-state index in [9.17, 15) is 18.0 Å². The first-order chi connectivity index (χ1) is 8.89. The van der Waals surface area contributed by atoms with E-state index in [0.717, 1.165) is 0 Å². The Hall–Kier alpha value is -0.880. The summed E-state index contributed by atoms with van der Waals surface area (Å²) >= 11 is 5.55. The molecule has 0 bridgehead atoms. The average Bonchev–Trinajstić information content (AvgIpc) is 2.70. The number of alkyl halides is 4. The van der Waals surface area contributed by atoms with E-state index in [0.29, 0.717) is 24.5 Å². The molecule has 0 aliphatic carbocycles. The van der Waals surface area contributed by atoms with Crippen LogP contribution in [0.3, 0.4) is 0 Å². The van der Waals surface area contributed by atoms with Crippen molar-refractivity contribution in [2.45, 2.75) is 16.8 Å². The molecule has 1 aromatic carbocycles. The summed E-state index contributed by atoms with van der Waals surface area (Å²) < 4.78 is 36.6. The van der Waals surface area contributed by atoms with Crippen LogP contribution in [-0.4, -0.2) is 23.8 Å². The normalized spacial score (nSPS) is 20.1. The maximum atomic E-state index is 12.2. The molecule has 1 saturated heterocycles. The maximum absolute atomic E-state index is 12.2. The van der Waals surface area contributed by atoms with Gasteiger partial charge in [-0.05, 0) is 41.9 Å². The van der Waals surface area contributed by atoms with Gasteiger partial charge in [0, 0.05) is 29.4 Å². The molecule has 1 unspecified atom stereocenters. The summed E-state index contributed by atoms with van der Waals surface area (Å²) in [6.45, 7) is 0.522. The van der Waals surface area contributed by atoms with Crippen LogP contribution in [0.4, 0.5) is 18.9 Å². The highest BCUT2D eigenvalue weighted by molar-refractivity contribution is 8.00. The monoisotopic (exact) mass is 309 g/mol. The number of carbonyl (C=O) groups is 1. The third-order valence-corrected chi connectivity index (χ3v) is 3.98. The molecular formula is C12H11ClF3NOS. The Morgan fingerprint density at radius 2 is 1.95 bits per heavy atom. The molecule has 2 rings (SSSR count). The lowest BCUT2D eigenvalue weighted by Gasteiger charge is -2.17. The van der Waals surface area contributed by atoms with Crippen LogP contribution in [-0.2, 0) is 4.79 Å². The molecule has 1 heterocycles. The van der Waals surface area contributed by atoms with Crippen molar-refractivity contribution in [1.82, 2.24) is 0 Å². The second kappa shape index (κ2) is 5.63. The molecule has 7 heteroatoms. The Bertz CT molecular complexity index is 463. The molecule has 0 N–H and O–H groups in total. The van der Waals surface area contributed by atoms with Crippen LogP contribution in [0.5, 0.6) is 0 Å². The van der Waals surface area contributed by atoms with Gasteiger partial charge in [0.25, 0.3) is 0 Å². The summed E-state index contributed by atoms with van der Waals surface area (Å²) in [4.78, 5) is 13.4. The largest absolute Gasteiger partial charge is 0.446 e. The van der Waals surface area contributed by atoms with Crippen LogP contribution in [0.1, 0.15) is 6.42 Å². The molecule has 1 aromatic rings. The van der Waals surface area contributed by atoms with Gasteiger partial charge in [-0.2, -0.15) is 13.2 Å². The number of hydrogen-bond acceptors (Lipinski definition) is 2. The highest BCUT2D eigenvalue weighted by Crippen LogP contribution is 2.37. The second-order valence-corrected chi connectivity index (χ2v) is 5.72. The van der Waals surface area contributed by atoms with Crippen molar-refractivity contribution in [3.8, 4) is 0 Å². The first kappa shape index (κ1) is 14.5. The first-order valence-electron chi connectivity index (χ1n) is 5.61. The molecule has 0 spiro atoms.